The van der Waals surface area contributed by atoms with Gasteiger partial charge in [0.15, 0.2) is 0 Å². The van der Waals surface area contributed by atoms with E-state index in [2.05, 4.69) is 99.3 Å². The molecule has 0 atom stereocenters. The molecule has 3 aromatic heterocycles. The molecule has 1 aliphatic carbocycles. The van der Waals surface area contributed by atoms with Gasteiger partial charge in [-0.2, -0.15) is 22.7 Å². The van der Waals surface area contributed by atoms with Crippen molar-refractivity contribution in [2.24, 2.45) is 7.05 Å². The molecular formula is C48H26N6OPt-2. The molecule has 0 N–H and O–H groups in total. The summed E-state index contributed by atoms with van der Waals surface area (Å²) in [6.07, 6.45) is 9.55. The molecule has 1 spiro atoms. The molecule has 0 saturated carbocycles. The Balaban J connectivity index is 0.00000384. The molecule has 0 bridgehead atoms. The zero-order chi connectivity index (χ0) is 36.8. The van der Waals surface area contributed by atoms with Crippen molar-refractivity contribution in [1.82, 2.24) is 14.1 Å². The molecule has 0 saturated heterocycles. The van der Waals surface area contributed by atoms with Crippen LogP contribution in [0.25, 0.3) is 56.5 Å². The first kappa shape index (κ1) is 33.5. The molecule has 1 aliphatic heterocycles. The van der Waals surface area contributed by atoms with Crippen LogP contribution in [-0.4, -0.2) is 14.1 Å². The van der Waals surface area contributed by atoms with Crippen LogP contribution in [0, 0.1) is 41.1 Å². The predicted molar refractivity (Wildman–Crippen MR) is 210 cm³/mol. The standard InChI is InChI=1S/C48H26N6O.Pt/c1-52-29-53-45-26-35(55-34-18-20-37-36-7-2-3-9-42(36)54(44(37)25-34)46-11-4-5-22-51-46)19-21-38(45)48(39-8-6-10-43(52)47(39)53)40-23-30(27-49)12-14-32(40)16-17-33-15-13-31(28-50)24-41(33)48;/h2-24H,1H3;/q-2;. The van der Waals surface area contributed by atoms with Gasteiger partial charge in [0.1, 0.15) is 5.82 Å². The van der Waals surface area contributed by atoms with Crippen molar-refractivity contribution >= 4 is 45.0 Å². The maximum absolute atomic E-state index is 10.2. The van der Waals surface area contributed by atoms with Crippen LogP contribution in [0.5, 0.6) is 11.5 Å². The number of nitriles is 2. The van der Waals surface area contributed by atoms with Gasteiger partial charge in [0, 0.05) is 49.7 Å². The van der Waals surface area contributed by atoms with Crippen molar-refractivity contribution in [1.29, 1.82) is 10.5 Å². The van der Waals surface area contributed by atoms with Gasteiger partial charge >= 0.3 is 0 Å². The fraction of sp³-hybridized carbons (Fsp3) is 0.0417. The molecular weight excluding hydrogens is 872 g/mol. The smallest absolute Gasteiger partial charge is 0.242 e. The summed E-state index contributed by atoms with van der Waals surface area (Å²) in [4.78, 5) is 4.67. The minimum atomic E-state index is -0.929. The van der Waals surface area contributed by atoms with E-state index in [9.17, 15) is 10.5 Å². The first-order chi connectivity index (χ1) is 27.1. The minimum Gasteiger partial charge on any atom is -0.510 e. The Kier molecular flexibility index (Phi) is 7.48. The molecule has 266 valence electrons. The van der Waals surface area contributed by atoms with E-state index in [1.165, 1.54) is 0 Å². The number of hydrogen-bond donors (Lipinski definition) is 0. The molecule has 0 unspecified atom stereocenters. The average molecular weight is 898 g/mol. The number of aryl methyl sites for hydroxylation is 1. The van der Waals surface area contributed by atoms with E-state index in [1.54, 1.807) is 6.20 Å². The van der Waals surface area contributed by atoms with Gasteiger partial charge in [-0.1, -0.05) is 78.0 Å². The van der Waals surface area contributed by atoms with Crippen LogP contribution in [0.4, 0.5) is 0 Å². The second-order valence-electron chi connectivity index (χ2n) is 13.9. The van der Waals surface area contributed by atoms with E-state index in [4.69, 9.17) is 4.74 Å². The van der Waals surface area contributed by atoms with Gasteiger partial charge < -0.3 is 18.4 Å². The molecule has 4 heterocycles. The molecule has 2 aliphatic rings. The zero-order valence-electron chi connectivity index (χ0n) is 29.7. The topological polar surface area (TPSA) is 83.4 Å². The number of aromatic nitrogens is 4. The third kappa shape index (κ3) is 4.59. The van der Waals surface area contributed by atoms with Gasteiger partial charge in [-0.15, -0.1) is 35.2 Å². The van der Waals surface area contributed by atoms with Crippen molar-refractivity contribution < 1.29 is 30.4 Å². The van der Waals surface area contributed by atoms with Crippen LogP contribution in [-0.2, 0) is 33.5 Å². The van der Waals surface area contributed by atoms with E-state index in [1.807, 2.05) is 90.5 Å². The molecule has 6 aromatic carbocycles. The third-order valence-electron chi connectivity index (χ3n) is 11.0. The van der Waals surface area contributed by atoms with Crippen molar-refractivity contribution in [3.8, 4) is 35.1 Å². The van der Waals surface area contributed by atoms with Crippen LogP contribution < -0.4 is 9.30 Å². The van der Waals surface area contributed by atoms with E-state index in [0.29, 0.717) is 22.6 Å². The maximum atomic E-state index is 10.2. The number of ether oxygens (including phenoxy) is 1. The average Bonchev–Trinajstić information content (AvgIpc) is 3.70. The Hall–Kier alpha value is -7.05. The van der Waals surface area contributed by atoms with Crippen LogP contribution in [0.2, 0.25) is 0 Å². The fourth-order valence-corrected chi connectivity index (χ4v) is 8.78. The number of para-hydroxylation sites is 2. The SMILES string of the molecule is C[n+]1[c-]n2c3c(cccc31)C1(c3ccc(Oc4[c-]c5c(cc4)c4ccccc4n5-c4ccccn4)[c-]c3-2)c2cc(C#N)ccc2C=Cc2ccc(C#N)cc21.[Pt]. The Labute approximate surface area is 336 Å². The van der Waals surface area contributed by atoms with Crippen molar-refractivity contribution in [3.05, 3.63) is 190 Å². The summed E-state index contributed by atoms with van der Waals surface area (Å²) in [7, 11) is 1.99. The Bertz CT molecular complexity index is 3170. The number of pyridine rings is 1. The van der Waals surface area contributed by atoms with Gasteiger partial charge in [0.05, 0.1) is 41.3 Å². The quantitative estimate of drug-likeness (QED) is 0.131. The third-order valence-corrected chi connectivity index (χ3v) is 11.0. The van der Waals surface area contributed by atoms with Gasteiger partial charge in [-0.3, -0.25) is 0 Å². The van der Waals surface area contributed by atoms with Gasteiger partial charge in [0.2, 0.25) is 6.33 Å². The monoisotopic (exact) mass is 897 g/mol. The fourth-order valence-electron chi connectivity index (χ4n) is 8.78. The van der Waals surface area contributed by atoms with Gasteiger partial charge in [-0.05, 0) is 75.7 Å². The maximum Gasteiger partial charge on any atom is 0.242 e. The van der Waals surface area contributed by atoms with Gasteiger partial charge in [0.25, 0.3) is 0 Å². The number of imidazole rings is 1. The summed E-state index contributed by atoms with van der Waals surface area (Å²) in [6.45, 7) is 0. The summed E-state index contributed by atoms with van der Waals surface area (Å²) >= 11 is 0. The first-order valence-corrected chi connectivity index (χ1v) is 17.9. The summed E-state index contributed by atoms with van der Waals surface area (Å²) in [5.74, 6) is 1.84. The molecule has 9 aromatic rings. The van der Waals surface area contributed by atoms with Crippen molar-refractivity contribution in [2.45, 2.75) is 5.41 Å². The summed E-state index contributed by atoms with van der Waals surface area (Å²) in [5, 5.41) is 22.5. The molecule has 11 rings (SSSR count). The summed E-state index contributed by atoms with van der Waals surface area (Å²) < 4.78 is 12.8. The van der Waals surface area contributed by atoms with Crippen molar-refractivity contribution in [2.75, 3.05) is 0 Å². The molecule has 0 amide bonds. The van der Waals surface area contributed by atoms with Crippen LogP contribution in [0.1, 0.15) is 44.5 Å². The minimum absolute atomic E-state index is 0. The van der Waals surface area contributed by atoms with E-state index in [0.717, 1.165) is 77.7 Å². The van der Waals surface area contributed by atoms with Crippen molar-refractivity contribution in [3.63, 3.8) is 0 Å². The van der Waals surface area contributed by atoms with Crippen LogP contribution in [0.3, 0.4) is 0 Å². The summed E-state index contributed by atoms with van der Waals surface area (Å²) in [5.41, 5.74) is 10.6. The number of fused-ring (bicyclic) bond motifs is 11. The van der Waals surface area contributed by atoms with Gasteiger partial charge in [-0.25, -0.2) is 4.98 Å². The van der Waals surface area contributed by atoms with E-state index < -0.39 is 5.41 Å². The number of benzene rings is 6. The Morgan fingerprint density at radius 1 is 0.696 bits per heavy atom. The molecule has 56 heavy (non-hydrogen) atoms. The van der Waals surface area contributed by atoms with E-state index in [-0.39, 0.29) is 21.1 Å². The molecule has 7 nitrogen and oxygen atoms in total. The van der Waals surface area contributed by atoms with E-state index >= 15 is 0 Å². The molecule has 0 radical (unpaired) electrons. The number of rotatable bonds is 3. The largest absolute Gasteiger partial charge is 0.510 e. The van der Waals surface area contributed by atoms with Crippen LogP contribution in [0.15, 0.2) is 128 Å². The molecule has 8 heteroatoms. The number of nitrogens with zero attached hydrogens (tertiary/aromatic N) is 6. The normalized spacial score (nSPS) is 13.0. The Morgan fingerprint density at radius 2 is 1.41 bits per heavy atom. The number of hydrogen-bond acceptors (Lipinski definition) is 4. The second-order valence-corrected chi connectivity index (χ2v) is 13.9. The predicted octanol–water partition coefficient (Wildman–Crippen LogP) is 9.06. The molecule has 0 fully saturated rings. The zero-order valence-corrected chi connectivity index (χ0v) is 32.0. The first-order valence-electron chi connectivity index (χ1n) is 17.9. The summed E-state index contributed by atoms with van der Waals surface area (Å²) in [6, 6.07) is 52.3. The van der Waals surface area contributed by atoms with Crippen LogP contribution >= 0.6 is 0 Å². The Morgan fingerprint density at radius 3 is 2.14 bits per heavy atom. The second kappa shape index (κ2) is 12.5.